The average Bonchev–Trinajstić information content (AvgIpc) is 2.36. The van der Waals surface area contributed by atoms with Crippen LogP contribution >= 0.6 is 0 Å². The van der Waals surface area contributed by atoms with Crippen molar-refractivity contribution in [3.63, 3.8) is 0 Å². The lowest BCUT2D eigenvalue weighted by molar-refractivity contribution is 0.0693. The molecule has 0 saturated carbocycles. The molecule has 2 rings (SSSR count). The second kappa shape index (κ2) is 4.68. The van der Waals surface area contributed by atoms with Gasteiger partial charge in [-0.3, -0.25) is 0 Å². The van der Waals surface area contributed by atoms with Crippen LogP contribution in [0.2, 0.25) is 0 Å². The van der Waals surface area contributed by atoms with Gasteiger partial charge in [0, 0.05) is 11.5 Å². The SMILES string of the molecule is COc1cc(OC)c2c(C)c(C(=O)O)c(O)cc2c1. The zero-order valence-electron chi connectivity index (χ0n) is 10.9. The molecule has 0 atom stereocenters. The summed E-state index contributed by atoms with van der Waals surface area (Å²) in [5.41, 5.74) is 0.345. The lowest BCUT2D eigenvalue weighted by atomic mass is 9.98. The maximum Gasteiger partial charge on any atom is 0.339 e. The average molecular weight is 262 g/mol. The van der Waals surface area contributed by atoms with Crippen molar-refractivity contribution in [1.29, 1.82) is 0 Å². The molecular formula is C14H14O5. The standard InChI is InChI=1S/C14H14O5/c1-7-12-8(5-10(15)13(7)14(16)17)4-9(18-2)6-11(12)19-3/h4-6,15H,1-3H3,(H,16,17). The summed E-state index contributed by atoms with van der Waals surface area (Å²) in [4.78, 5) is 11.2. The highest BCUT2D eigenvalue weighted by molar-refractivity contribution is 6.03. The minimum Gasteiger partial charge on any atom is -0.507 e. The van der Waals surface area contributed by atoms with E-state index in [2.05, 4.69) is 0 Å². The first-order chi connectivity index (χ1) is 8.99. The lowest BCUT2D eigenvalue weighted by Crippen LogP contribution is -2.02. The van der Waals surface area contributed by atoms with Gasteiger partial charge in [-0.05, 0) is 30.0 Å². The maximum absolute atomic E-state index is 11.2. The number of aromatic carboxylic acids is 1. The molecule has 2 N–H and O–H groups in total. The number of fused-ring (bicyclic) bond motifs is 1. The lowest BCUT2D eigenvalue weighted by Gasteiger charge is -2.13. The molecule has 2 aromatic carbocycles. The van der Waals surface area contributed by atoms with Crippen LogP contribution in [0.15, 0.2) is 18.2 Å². The molecule has 0 radical (unpaired) electrons. The van der Waals surface area contributed by atoms with E-state index in [9.17, 15) is 9.90 Å². The molecule has 0 aliphatic rings. The smallest absolute Gasteiger partial charge is 0.339 e. The minimum atomic E-state index is -1.17. The molecule has 0 saturated heterocycles. The molecule has 0 amide bonds. The van der Waals surface area contributed by atoms with E-state index in [1.54, 1.807) is 19.1 Å². The number of carboxylic acid groups (broad SMARTS) is 1. The van der Waals surface area contributed by atoms with Crippen molar-refractivity contribution in [3.8, 4) is 17.2 Å². The van der Waals surface area contributed by atoms with Crippen molar-refractivity contribution in [2.24, 2.45) is 0 Å². The summed E-state index contributed by atoms with van der Waals surface area (Å²) in [7, 11) is 3.03. The van der Waals surface area contributed by atoms with Gasteiger partial charge in [0.15, 0.2) is 0 Å². The first kappa shape index (κ1) is 13.0. The number of carboxylic acids is 1. The van der Waals surface area contributed by atoms with Crippen molar-refractivity contribution in [2.45, 2.75) is 6.92 Å². The molecule has 0 spiro atoms. The van der Waals surface area contributed by atoms with Gasteiger partial charge in [-0.2, -0.15) is 0 Å². The molecule has 5 nitrogen and oxygen atoms in total. The number of aryl methyl sites for hydroxylation is 1. The zero-order valence-corrected chi connectivity index (χ0v) is 10.9. The van der Waals surface area contributed by atoms with E-state index in [0.717, 1.165) is 0 Å². The van der Waals surface area contributed by atoms with Crippen LogP contribution < -0.4 is 9.47 Å². The maximum atomic E-state index is 11.2. The van der Waals surface area contributed by atoms with Gasteiger partial charge < -0.3 is 19.7 Å². The molecule has 2 aromatic rings. The third-order valence-corrected chi connectivity index (χ3v) is 3.07. The van der Waals surface area contributed by atoms with Gasteiger partial charge >= 0.3 is 5.97 Å². The largest absolute Gasteiger partial charge is 0.507 e. The van der Waals surface area contributed by atoms with Crippen LogP contribution in [0.5, 0.6) is 17.2 Å². The number of benzene rings is 2. The number of aromatic hydroxyl groups is 1. The number of rotatable bonds is 3. The van der Waals surface area contributed by atoms with Crippen molar-refractivity contribution >= 4 is 16.7 Å². The summed E-state index contributed by atoms with van der Waals surface area (Å²) in [6.45, 7) is 1.64. The molecule has 0 aliphatic heterocycles. The highest BCUT2D eigenvalue weighted by atomic mass is 16.5. The molecule has 0 aliphatic carbocycles. The number of hydrogen-bond acceptors (Lipinski definition) is 4. The van der Waals surface area contributed by atoms with Crippen LogP contribution in [0.1, 0.15) is 15.9 Å². The summed E-state index contributed by atoms with van der Waals surface area (Å²) in [6, 6.07) is 4.80. The predicted molar refractivity (Wildman–Crippen MR) is 70.4 cm³/mol. The predicted octanol–water partition coefficient (Wildman–Crippen LogP) is 2.57. The van der Waals surface area contributed by atoms with Crippen LogP contribution in [0.3, 0.4) is 0 Å². The molecule has 0 bridgehead atoms. The minimum absolute atomic E-state index is 0.115. The third kappa shape index (κ3) is 2.03. The fourth-order valence-corrected chi connectivity index (χ4v) is 2.21. The Hall–Kier alpha value is -2.43. The van der Waals surface area contributed by atoms with Gasteiger partial charge in [0.05, 0.1) is 14.2 Å². The Labute approximate surface area is 110 Å². The van der Waals surface area contributed by atoms with Crippen LogP contribution in [0.4, 0.5) is 0 Å². The second-order valence-electron chi connectivity index (χ2n) is 4.13. The number of carbonyl (C=O) groups is 1. The number of phenols is 1. The van der Waals surface area contributed by atoms with Gasteiger partial charge in [0.1, 0.15) is 22.8 Å². The molecule has 0 unspecified atom stereocenters. The summed E-state index contributed by atoms with van der Waals surface area (Å²) >= 11 is 0. The Balaban J connectivity index is 2.92. The van der Waals surface area contributed by atoms with E-state index in [4.69, 9.17) is 14.6 Å². The molecule has 0 aromatic heterocycles. The molecule has 0 heterocycles. The number of ether oxygens (including phenoxy) is 2. The van der Waals surface area contributed by atoms with Gasteiger partial charge in [-0.1, -0.05) is 0 Å². The van der Waals surface area contributed by atoms with Gasteiger partial charge in [-0.25, -0.2) is 4.79 Å². The molecular weight excluding hydrogens is 248 g/mol. The quantitative estimate of drug-likeness (QED) is 0.889. The van der Waals surface area contributed by atoms with E-state index in [-0.39, 0.29) is 11.3 Å². The summed E-state index contributed by atoms with van der Waals surface area (Å²) in [5.74, 6) is -0.358. The monoisotopic (exact) mass is 262 g/mol. The first-order valence-electron chi connectivity index (χ1n) is 5.61. The van der Waals surface area contributed by atoms with Crippen molar-refractivity contribution in [2.75, 3.05) is 14.2 Å². The Kier molecular flexibility index (Phi) is 3.21. The highest BCUT2D eigenvalue weighted by Gasteiger charge is 2.19. The van der Waals surface area contributed by atoms with Crippen molar-refractivity contribution in [1.82, 2.24) is 0 Å². The van der Waals surface area contributed by atoms with Gasteiger partial charge in [0.25, 0.3) is 0 Å². The van der Waals surface area contributed by atoms with E-state index in [1.807, 2.05) is 0 Å². The Morgan fingerprint density at radius 1 is 1.16 bits per heavy atom. The molecule has 0 fully saturated rings. The summed E-state index contributed by atoms with van der Waals surface area (Å²) in [6.07, 6.45) is 0. The summed E-state index contributed by atoms with van der Waals surface area (Å²) in [5, 5.41) is 20.3. The summed E-state index contributed by atoms with van der Waals surface area (Å²) < 4.78 is 10.4. The van der Waals surface area contributed by atoms with Crippen molar-refractivity contribution < 1.29 is 24.5 Å². The van der Waals surface area contributed by atoms with Crippen molar-refractivity contribution in [3.05, 3.63) is 29.3 Å². The van der Waals surface area contributed by atoms with Crippen LogP contribution in [-0.4, -0.2) is 30.4 Å². The van der Waals surface area contributed by atoms with Crippen LogP contribution in [0.25, 0.3) is 10.8 Å². The fraction of sp³-hybridized carbons (Fsp3) is 0.214. The molecule has 5 heteroatoms. The number of hydrogen-bond donors (Lipinski definition) is 2. The topological polar surface area (TPSA) is 76.0 Å². The third-order valence-electron chi connectivity index (χ3n) is 3.07. The van der Waals surface area contributed by atoms with E-state index < -0.39 is 5.97 Å². The van der Waals surface area contributed by atoms with Gasteiger partial charge in [-0.15, -0.1) is 0 Å². The Morgan fingerprint density at radius 2 is 1.84 bits per heavy atom. The highest BCUT2D eigenvalue weighted by Crippen LogP contribution is 2.38. The van der Waals surface area contributed by atoms with E-state index >= 15 is 0 Å². The Bertz CT molecular complexity index is 661. The first-order valence-corrected chi connectivity index (χ1v) is 5.61. The number of methoxy groups -OCH3 is 2. The van der Waals surface area contributed by atoms with E-state index in [0.29, 0.717) is 27.8 Å². The molecule has 19 heavy (non-hydrogen) atoms. The molecule has 100 valence electrons. The second-order valence-corrected chi connectivity index (χ2v) is 4.13. The fourth-order valence-electron chi connectivity index (χ4n) is 2.21. The van der Waals surface area contributed by atoms with Crippen LogP contribution in [-0.2, 0) is 0 Å². The Morgan fingerprint density at radius 3 is 2.37 bits per heavy atom. The van der Waals surface area contributed by atoms with E-state index in [1.165, 1.54) is 20.3 Å². The zero-order chi connectivity index (χ0) is 14.2. The van der Waals surface area contributed by atoms with Crippen LogP contribution in [0, 0.1) is 6.92 Å². The van der Waals surface area contributed by atoms with Gasteiger partial charge in [0.2, 0.25) is 0 Å². The normalized spacial score (nSPS) is 10.5.